The predicted octanol–water partition coefficient (Wildman–Crippen LogP) is 4.11. The number of pyridine rings is 1. The lowest BCUT2D eigenvalue weighted by Gasteiger charge is -2.30. The molecule has 0 radical (unpaired) electrons. The highest BCUT2D eigenvalue weighted by Crippen LogP contribution is 2.39. The summed E-state index contributed by atoms with van der Waals surface area (Å²) in [6.45, 7) is 6.24. The minimum Gasteiger partial charge on any atom is -0.394 e. The number of halogens is 2. The van der Waals surface area contributed by atoms with Gasteiger partial charge in [-0.15, -0.1) is 0 Å². The van der Waals surface area contributed by atoms with Gasteiger partial charge in [-0.05, 0) is 38.1 Å². The fraction of sp³-hybridized carbons (Fsp3) is 0.550. The largest absolute Gasteiger partial charge is 0.394 e. The molecule has 1 aromatic heterocycles. The summed E-state index contributed by atoms with van der Waals surface area (Å²) in [5, 5.41) is 5.58. The van der Waals surface area contributed by atoms with Crippen molar-refractivity contribution in [3.8, 4) is 0 Å². The molecule has 3 heterocycles. The first-order valence-corrected chi connectivity index (χ1v) is 11.2. The summed E-state index contributed by atoms with van der Waals surface area (Å²) >= 11 is 12.6. The molecule has 5 nitrogen and oxygen atoms in total. The number of nitrogens with zero attached hydrogens (tertiary/aromatic N) is 3. The van der Waals surface area contributed by atoms with Crippen LogP contribution in [0.15, 0.2) is 12.1 Å². The van der Waals surface area contributed by atoms with E-state index in [9.17, 15) is 0 Å². The van der Waals surface area contributed by atoms with Gasteiger partial charge in [-0.25, -0.2) is 4.98 Å². The molecule has 0 saturated carbocycles. The Balaban J connectivity index is 1.64. The first-order chi connectivity index (χ1) is 13.6. The number of fused-ring (bicyclic) bond motifs is 1. The van der Waals surface area contributed by atoms with Crippen LogP contribution in [-0.2, 0) is 0 Å². The van der Waals surface area contributed by atoms with Crippen LogP contribution in [0, 0.1) is 0 Å². The smallest absolute Gasteiger partial charge is 0.154 e. The Kier molecular flexibility index (Phi) is 6.39. The van der Waals surface area contributed by atoms with Gasteiger partial charge < -0.3 is 20.9 Å². The first-order valence-electron chi connectivity index (χ1n) is 10.4. The Hall–Kier alpha value is -1.37. The fourth-order valence-electron chi connectivity index (χ4n) is 4.32. The zero-order chi connectivity index (χ0) is 19.5. The van der Waals surface area contributed by atoms with E-state index in [4.69, 9.17) is 33.9 Å². The van der Waals surface area contributed by atoms with Gasteiger partial charge in [0.1, 0.15) is 7.28 Å². The summed E-state index contributed by atoms with van der Waals surface area (Å²) in [5.41, 5.74) is 9.11. The maximum atomic E-state index is 6.63. The maximum absolute atomic E-state index is 6.63. The molecule has 3 N–H and O–H groups in total. The molecule has 1 aromatic carbocycles. The number of aromatic nitrogens is 1. The molecule has 0 atom stereocenters. The lowest BCUT2D eigenvalue weighted by Crippen LogP contribution is -2.34. The molecule has 8 heteroatoms. The minimum atomic E-state index is 0.523. The van der Waals surface area contributed by atoms with E-state index in [1.807, 2.05) is 12.1 Å². The Morgan fingerprint density at radius 2 is 1.75 bits per heavy atom. The van der Waals surface area contributed by atoms with Gasteiger partial charge in [-0.3, -0.25) is 0 Å². The number of nitrogen functional groups attached to an aromatic ring is 1. The van der Waals surface area contributed by atoms with Crippen molar-refractivity contribution in [2.75, 3.05) is 55.2 Å². The lowest BCUT2D eigenvalue weighted by molar-refractivity contribution is 0.237. The van der Waals surface area contributed by atoms with Gasteiger partial charge >= 0.3 is 0 Å². The van der Waals surface area contributed by atoms with Crippen molar-refractivity contribution < 1.29 is 0 Å². The molecular formula is C20H28BCl2N5. The Bertz CT molecular complexity index is 835. The van der Waals surface area contributed by atoms with E-state index < -0.39 is 0 Å². The highest BCUT2D eigenvalue weighted by molar-refractivity contribution is 6.43. The summed E-state index contributed by atoms with van der Waals surface area (Å²) in [7, 11) is 1.27. The second-order valence-electron chi connectivity index (χ2n) is 7.88. The average Bonchev–Trinajstić information content (AvgIpc) is 2.72. The third kappa shape index (κ3) is 4.29. The molecule has 150 valence electrons. The number of likely N-dealkylation sites (tertiary alicyclic amines) is 1. The molecule has 28 heavy (non-hydrogen) atoms. The van der Waals surface area contributed by atoms with Crippen molar-refractivity contribution in [3.63, 3.8) is 0 Å². The normalized spacial score (nSPS) is 18.3. The van der Waals surface area contributed by atoms with E-state index in [2.05, 4.69) is 15.1 Å². The number of hydrogen-bond acceptors (Lipinski definition) is 5. The SMILES string of the molecule is Nc1c(N2CCBCC2)nc2cc(Cl)c(Cl)cc2c1NCCN1CCCCC1. The molecule has 0 amide bonds. The summed E-state index contributed by atoms with van der Waals surface area (Å²) in [6, 6.07) is 3.73. The molecule has 2 aliphatic rings. The van der Waals surface area contributed by atoms with E-state index in [0.717, 1.165) is 48.6 Å². The van der Waals surface area contributed by atoms with Crippen LogP contribution in [0.5, 0.6) is 0 Å². The van der Waals surface area contributed by atoms with Crippen LogP contribution in [0.1, 0.15) is 19.3 Å². The second kappa shape index (κ2) is 8.97. The summed E-state index contributed by atoms with van der Waals surface area (Å²) < 4.78 is 0. The number of nitrogens with one attached hydrogen (secondary N) is 1. The fourth-order valence-corrected chi connectivity index (χ4v) is 4.64. The van der Waals surface area contributed by atoms with Crippen LogP contribution in [0.4, 0.5) is 17.2 Å². The lowest BCUT2D eigenvalue weighted by atomic mass is 9.68. The van der Waals surface area contributed by atoms with Crippen molar-refractivity contribution in [1.82, 2.24) is 9.88 Å². The summed E-state index contributed by atoms with van der Waals surface area (Å²) in [5.74, 6) is 0.867. The summed E-state index contributed by atoms with van der Waals surface area (Å²) in [4.78, 5) is 9.69. The van der Waals surface area contributed by atoms with Gasteiger partial charge in [0.25, 0.3) is 0 Å². The van der Waals surface area contributed by atoms with Crippen LogP contribution in [0.2, 0.25) is 22.7 Å². The highest BCUT2D eigenvalue weighted by atomic mass is 35.5. The monoisotopic (exact) mass is 419 g/mol. The van der Waals surface area contributed by atoms with Gasteiger partial charge in [-0.2, -0.15) is 0 Å². The molecule has 2 fully saturated rings. The zero-order valence-electron chi connectivity index (χ0n) is 16.3. The number of piperidine rings is 1. The molecule has 0 spiro atoms. The quantitative estimate of drug-likeness (QED) is 0.714. The molecule has 2 aromatic rings. The van der Waals surface area contributed by atoms with Crippen molar-refractivity contribution >= 4 is 58.6 Å². The van der Waals surface area contributed by atoms with E-state index in [-0.39, 0.29) is 0 Å². The van der Waals surface area contributed by atoms with Gasteiger partial charge in [0, 0.05) is 31.6 Å². The van der Waals surface area contributed by atoms with Crippen molar-refractivity contribution in [2.24, 2.45) is 0 Å². The van der Waals surface area contributed by atoms with Crippen LogP contribution >= 0.6 is 23.2 Å². The number of rotatable bonds is 5. The van der Waals surface area contributed by atoms with Gasteiger partial charge in [0.05, 0.1) is 26.9 Å². The Morgan fingerprint density at radius 1 is 1.04 bits per heavy atom. The molecule has 0 bridgehead atoms. The number of nitrogens with two attached hydrogens (primary N) is 1. The maximum Gasteiger partial charge on any atom is 0.154 e. The van der Waals surface area contributed by atoms with Crippen molar-refractivity contribution in [1.29, 1.82) is 0 Å². The molecule has 0 unspecified atom stereocenters. The van der Waals surface area contributed by atoms with Gasteiger partial charge in [-0.1, -0.05) is 42.3 Å². The van der Waals surface area contributed by atoms with E-state index >= 15 is 0 Å². The predicted molar refractivity (Wildman–Crippen MR) is 124 cm³/mol. The zero-order valence-corrected chi connectivity index (χ0v) is 17.8. The number of benzene rings is 1. The minimum absolute atomic E-state index is 0.523. The van der Waals surface area contributed by atoms with Crippen LogP contribution in [0.3, 0.4) is 0 Å². The number of hydrogen-bond donors (Lipinski definition) is 2. The average molecular weight is 420 g/mol. The Morgan fingerprint density at radius 3 is 2.50 bits per heavy atom. The van der Waals surface area contributed by atoms with Gasteiger partial charge in [0.2, 0.25) is 0 Å². The third-order valence-corrected chi connectivity index (χ3v) is 6.60. The molecule has 2 aliphatic heterocycles. The molecule has 0 aliphatic carbocycles. The standard InChI is InChI=1S/C20H28BCl2N5/c22-15-12-14-17(13-16(15)23)26-20(28-9-4-21-5-10-28)18(24)19(14)25-6-11-27-7-2-1-3-8-27/h12-13,21H,1-11,24H2,(H,25,26). The second-order valence-corrected chi connectivity index (χ2v) is 8.70. The van der Waals surface area contributed by atoms with Crippen molar-refractivity contribution in [3.05, 3.63) is 22.2 Å². The van der Waals surface area contributed by atoms with E-state index in [1.165, 1.54) is 52.3 Å². The third-order valence-electron chi connectivity index (χ3n) is 5.88. The summed E-state index contributed by atoms with van der Waals surface area (Å²) in [6.07, 6.45) is 6.31. The van der Waals surface area contributed by atoms with E-state index in [1.54, 1.807) is 0 Å². The highest BCUT2D eigenvalue weighted by Gasteiger charge is 2.21. The van der Waals surface area contributed by atoms with Crippen LogP contribution in [0.25, 0.3) is 10.9 Å². The molecule has 2 saturated heterocycles. The van der Waals surface area contributed by atoms with E-state index in [0.29, 0.717) is 15.7 Å². The van der Waals surface area contributed by atoms with Crippen LogP contribution in [-0.4, -0.2) is 56.4 Å². The van der Waals surface area contributed by atoms with Gasteiger partial charge in [0.15, 0.2) is 5.82 Å². The Labute approximate surface area is 177 Å². The van der Waals surface area contributed by atoms with Crippen LogP contribution < -0.4 is 16.0 Å². The molecular weight excluding hydrogens is 392 g/mol. The molecule has 4 rings (SSSR count). The first kappa shape index (κ1) is 19.9. The number of anilines is 3. The topological polar surface area (TPSA) is 57.4 Å². The van der Waals surface area contributed by atoms with Crippen molar-refractivity contribution in [2.45, 2.75) is 31.9 Å².